The predicted octanol–water partition coefficient (Wildman–Crippen LogP) is 4.32. The number of nitrogens with zero attached hydrogens (tertiary/aromatic N) is 5. The van der Waals surface area contributed by atoms with E-state index in [-0.39, 0.29) is 5.95 Å². The molecule has 4 heterocycles. The van der Waals surface area contributed by atoms with Crippen LogP contribution in [0.15, 0.2) is 54.9 Å². The molecule has 0 unspecified atom stereocenters. The van der Waals surface area contributed by atoms with Crippen molar-refractivity contribution in [2.45, 2.75) is 12.8 Å². The number of anilines is 4. The maximum atomic E-state index is 6.31. The van der Waals surface area contributed by atoms with Crippen LogP contribution in [0.25, 0.3) is 21.8 Å². The first-order chi connectivity index (χ1) is 18.5. The number of nitrogen functional groups attached to an aromatic ring is 1. The topological polar surface area (TPSA) is 100 Å². The molecule has 4 N–H and O–H groups in total. The summed E-state index contributed by atoms with van der Waals surface area (Å²) in [4.78, 5) is 17.6. The van der Waals surface area contributed by atoms with E-state index in [4.69, 9.17) is 20.4 Å². The molecule has 3 aromatic heterocycles. The third-order valence-corrected chi connectivity index (χ3v) is 7.61. The molecule has 1 aliphatic rings. The lowest BCUT2D eigenvalue weighted by Crippen LogP contribution is -2.45. The predicted molar refractivity (Wildman–Crippen MR) is 155 cm³/mol. The zero-order chi connectivity index (χ0) is 26.2. The van der Waals surface area contributed by atoms with Crippen LogP contribution in [0, 0.1) is 0 Å². The first kappa shape index (κ1) is 24.1. The first-order valence-electron chi connectivity index (χ1n) is 13.0. The van der Waals surface area contributed by atoms with Gasteiger partial charge in [0.05, 0.1) is 7.11 Å². The van der Waals surface area contributed by atoms with Crippen LogP contribution in [0.3, 0.4) is 0 Å². The molecular weight excluding hydrogens is 476 g/mol. The number of methoxy groups -OCH3 is 1. The monoisotopic (exact) mass is 510 g/mol. The number of ether oxygens (including phenoxy) is 1. The number of hydrogen-bond acceptors (Lipinski definition) is 7. The van der Waals surface area contributed by atoms with Gasteiger partial charge in [-0.05, 0) is 61.9 Å². The smallest absolute Gasteiger partial charge is 0.223 e. The summed E-state index contributed by atoms with van der Waals surface area (Å²) in [5.41, 5.74) is 11.9. The highest BCUT2D eigenvalue weighted by atomic mass is 16.5. The van der Waals surface area contributed by atoms with Crippen LogP contribution in [-0.4, -0.2) is 64.8 Å². The molecule has 0 aliphatic carbocycles. The number of fused-ring (bicyclic) bond motifs is 2. The molecule has 0 bridgehead atoms. The number of aryl methyl sites for hydroxylation is 2. The Bertz CT molecular complexity index is 1600. The molecule has 1 saturated heterocycles. The van der Waals surface area contributed by atoms with E-state index in [0.717, 1.165) is 84.1 Å². The van der Waals surface area contributed by atoms with Crippen molar-refractivity contribution in [2.75, 3.05) is 56.3 Å². The number of aromatic nitrogens is 4. The number of nitrogens with two attached hydrogens (primary N) is 1. The van der Waals surface area contributed by atoms with Crippen LogP contribution in [0.1, 0.15) is 11.1 Å². The van der Waals surface area contributed by atoms with Crippen LogP contribution in [0.2, 0.25) is 0 Å². The van der Waals surface area contributed by atoms with E-state index in [1.807, 2.05) is 6.07 Å². The number of hydrogen-bond donors (Lipinski definition) is 3. The Labute approximate surface area is 222 Å². The van der Waals surface area contributed by atoms with Gasteiger partial charge in [-0.15, -0.1) is 0 Å². The van der Waals surface area contributed by atoms with Crippen LogP contribution in [0.5, 0.6) is 5.75 Å². The van der Waals surface area contributed by atoms with Gasteiger partial charge >= 0.3 is 0 Å². The molecule has 1 aliphatic heterocycles. The number of piperazine rings is 1. The Hall–Kier alpha value is -4.24. The van der Waals surface area contributed by atoms with Crippen molar-refractivity contribution in [2.24, 2.45) is 7.05 Å². The maximum Gasteiger partial charge on any atom is 0.223 e. The van der Waals surface area contributed by atoms with Crippen molar-refractivity contribution in [3.63, 3.8) is 0 Å². The molecule has 0 saturated carbocycles. The standard InChI is InChI=1S/C29H34N8O/c1-35-13-15-37(16-14-35)28-22(9-7-19-18-31-24-10-8-20(38-3)17-23(19)24)27(33-29(30)34-28)32-25-5-4-6-26-21(25)11-12-36(26)2/h4-6,8,10-12,17-18,31H,7,9,13-16H2,1-3H3,(H3,30,32,33,34). The SMILES string of the molecule is COc1ccc2[nH]cc(CCc3c(Nc4cccc5c4ccn5C)nc(N)nc3N3CCN(C)CC3)c2c1. The van der Waals surface area contributed by atoms with E-state index in [0.29, 0.717) is 0 Å². The van der Waals surface area contributed by atoms with E-state index < -0.39 is 0 Å². The highest BCUT2D eigenvalue weighted by molar-refractivity contribution is 5.94. The summed E-state index contributed by atoms with van der Waals surface area (Å²) >= 11 is 0. The third kappa shape index (κ3) is 4.50. The largest absolute Gasteiger partial charge is 0.497 e. The molecule has 0 radical (unpaired) electrons. The minimum absolute atomic E-state index is 0.280. The lowest BCUT2D eigenvalue weighted by Gasteiger charge is -2.34. The van der Waals surface area contributed by atoms with Gasteiger partial charge in [0.15, 0.2) is 0 Å². The molecular formula is C29H34N8O. The number of likely N-dealkylation sites (N-methyl/N-ethyl adjacent to an activating group) is 1. The lowest BCUT2D eigenvalue weighted by molar-refractivity contribution is 0.312. The average Bonchev–Trinajstić information content (AvgIpc) is 3.51. The highest BCUT2D eigenvalue weighted by Crippen LogP contribution is 2.34. The van der Waals surface area contributed by atoms with E-state index in [1.54, 1.807) is 7.11 Å². The highest BCUT2D eigenvalue weighted by Gasteiger charge is 2.23. The van der Waals surface area contributed by atoms with Gasteiger partial charge < -0.3 is 35.1 Å². The molecule has 9 nitrogen and oxygen atoms in total. The summed E-state index contributed by atoms with van der Waals surface area (Å²) in [5, 5.41) is 5.95. The quantitative estimate of drug-likeness (QED) is 0.300. The van der Waals surface area contributed by atoms with Gasteiger partial charge in [-0.1, -0.05) is 6.07 Å². The Balaban J connectivity index is 1.40. The van der Waals surface area contributed by atoms with Gasteiger partial charge in [0.25, 0.3) is 0 Å². The Morgan fingerprint density at radius 2 is 1.84 bits per heavy atom. The Kier molecular flexibility index (Phi) is 6.29. The van der Waals surface area contributed by atoms with Gasteiger partial charge in [-0.2, -0.15) is 9.97 Å². The van der Waals surface area contributed by atoms with Crippen LogP contribution >= 0.6 is 0 Å². The van der Waals surface area contributed by atoms with Gasteiger partial charge in [-0.25, -0.2) is 0 Å². The van der Waals surface area contributed by atoms with Crippen molar-refractivity contribution in [3.05, 3.63) is 66.0 Å². The molecule has 0 amide bonds. The number of aromatic amines is 1. The Morgan fingerprint density at radius 1 is 1.00 bits per heavy atom. The summed E-state index contributed by atoms with van der Waals surface area (Å²) in [6, 6.07) is 14.5. The number of rotatable bonds is 7. The van der Waals surface area contributed by atoms with Crippen LogP contribution in [0.4, 0.5) is 23.3 Å². The molecule has 0 atom stereocenters. The van der Waals surface area contributed by atoms with Crippen molar-refractivity contribution in [1.82, 2.24) is 24.4 Å². The minimum Gasteiger partial charge on any atom is -0.497 e. The van der Waals surface area contributed by atoms with Crippen molar-refractivity contribution < 1.29 is 4.74 Å². The Morgan fingerprint density at radius 3 is 2.66 bits per heavy atom. The minimum atomic E-state index is 0.280. The van der Waals surface area contributed by atoms with E-state index >= 15 is 0 Å². The first-order valence-corrected chi connectivity index (χ1v) is 13.0. The fraction of sp³-hybridized carbons (Fsp3) is 0.310. The fourth-order valence-electron chi connectivity index (χ4n) is 5.39. The third-order valence-electron chi connectivity index (χ3n) is 7.61. The summed E-state index contributed by atoms with van der Waals surface area (Å²) in [6.45, 7) is 3.77. The molecule has 2 aromatic carbocycles. The summed E-state index contributed by atoms with van der Waals surface area (Å²) < 4.78 is 7.60. The summed E-state index contributed by atoms with van der Waals surface area (Å²) in [5.74, 6) is 2.82. The van der Waals surface area contributed by atoms with Crippen molar-refractivity contribution in [3.8, 4) is 5.75 Å². The molecule has 38 heavy (non-hydrogen) atoms. The second kappa shape index (κ2) is 9.90. The van der Waals surface area contributed by atoms with Crippen LogP contribution in [-0.2, 0) is 19.9 Å². The average molecular weight is 511 g/mol. The molecule has 0 spiro atoms. The van der Waals surface area contributed by atoms with Crippen molar-refractivity contribution in [1.29, 1.82) is 0 Å². The number of benzene rings is 2. The van der Waals surface area contributed by atoms with Crippen LogP contribution < -0.4 is 20.7 Å². The molecule has 9 heteroatoms. The van der Waals surface area contributed by atoms with Gasteiger partial charge in [-0.3, -0.25) is 0 Å². The van der Waals surface area contributed by atoms with Gasteiger partial charge in [0.1, 0.15) is 17.4 Å². The second-order valence-electron chi connectivity index (χ2n) is 10.0. The number of nitrogens with one attached hydrogen (secondary N) is 2. The molecule has 196 valence electrons. The van der Waals surface area contributed by atoms with E-state index in [1.165, 1.54) is 10.9 Å². The zero-order valence-corrected chi connectivity index (χ0v) is 22.2. The molecule has 6 rings (SSSR count). The van der Waals surface area contributed by atoms with E-state index in [9.17, 15) is 0 Å². The molecule has 5 aromatic rings. The zero-order valence-electron chi connectivity index (χ0n) is 22.2. The summed E-state index contributed by atoms with van der Waals surface area (Å²) in [7, 11) is 5.92. The van der Waals surface area contributed by atoms with Gasteiger partial charge in [0, 0.05) is 78.7 Å². The molecule has 1 fully saturated rings. The summed E-state index contributed by atoms with van der Waals surface area (Å²) in [6.07, 6.45) is 5.76. The van der Waals surface area contributed by atoms with Gasteiger partial charge in [0.2, 0.25) is 5.95 Å². The lowest BCUT2D eigenvalue weighted by atomic mass is 10.0. The van der Waals surface area contributed by atoms with E-state index in [2.05, 4.69) is 87.6 Å². The normalized spacial score (nSPS) is 14.4. The second-order valence-corrected chi connectivity index (χ2v) is 10.0. The fourth-order valence-corrected chi connectivity index (χ4v) is 5.39. The number of H-pyrrole nitrogens is 1. The maximum absolute atomic E-state index is 6.31. The van der Waals surface area contributed by atoms with Crippen molar-refractivity contribution >= 4 is 45.1 Å².